The van der Waals surface area contributed by atoms with E-state index in [1.165, 1.54) is 31.2 Å². The maximum Gasteiger partial charge on any atom is 0.0638 e. The average Bonchev–Trinajstić information content (AvgIpc) is 2.48. The zero-order valence-electron chi connectivity index (χ0n) is 11.7. The number of benzene rings is 1. The molecule has 0 amide bonds. The Balaban J connectivity index is 1.79. The molecule has 0 heterocycles. The smallest absolute Gasteiger partial charge is 0.0638 e. The average molecular weight is 263 g/mol. The summed E-state index contributed by atoms with van der Waals surface area (Å²) in [5.41, 5.74) is 1.47. The van der Waals surface area contributed by atoms with Crippen molar-refractivity contribution in [3.63, 3.8) is 0 Å². The van der Waals surface area contributed by atoms with Crippen LogP contribution in [0.5, 0.6) is 0 Å². The van der Waals surface area contributed by atoms with Crippen molar-refractivity contribution in [1.29, 1.82) is 0 Å². The van der Waals surface area contributed by atoms with E-state index in [-0.39, 0.29) is 12.6 Å². The molecule has 1 fully saturated rings. The van der Waals surface area contributed by atoms with E-state index in [4.69, 9.17) is 4.74 Å². The lowest BCUT2D eigenvalue weighted by atomic mass is 9.81. The van der Waals surface area contributed by atoms with Crippen molar-refractivity contribution in [1.82, 2.24) is 5.32 Å². The summed E-state index contributed by atoms with van der Waals surface area (Å²) in [7, 11) is 1.68. The zero-order chi connectivity index (χ0) is 13.5. The van der Waals surface area contributed by atoms with Gasteiger partial charge < -0.3 is 15.2 Å². The third-order valence-electron chi connectivity index (χ3n) is 4.06. The fourth-order valence-corrected chi connectivity index (χ4v) is 3.01. The van der Waals surface area contributed by atoms with Gasteiger partial charge in [0, 0.05) is 13.2 Å². The molecule has 0 radical (unpaired) electrons. The molecule has 0 bridgehead atoms. The Morgan fingerprint density at radius 3 is 2.47 bits per heavy atom. The second-order valence-electron chi connectivity index (χ2n) is 5.46. The molecule has 0 aliphatic heterocycles. The Morgan fingerprint density at radius 1 is 1.21 bits per heavy atom. The van der Waals surface area contributed by atoms with Crippen LogP contribution in [0.1, 0.15) is 37.2 Å². The maximum absolute atomic E-state index is 9.28. The first-order chi connectivity index (χ1) is 9.33. The van der Waals surface area contributed by atoms with Crippen LogP contribution in [0.2, 0.25) is 0 Å². The summed E-state index contributed by atoms with van der Waals surface area (Å²) in [6, 6.07) is 11.4. The minimum absolute atomic E-state index is 0.0725. The van der Waals surface area contributed by atoms with E-state index in [1.54, 1.807) is 7.11 Å². The topological polar surface area (TPSA) is 41.5 Å². The first kappa shape index (κ1) is 14.5. The summed E-state index contributed by atoms with van der Waals surface area (Å²) in [4.78, 5) is 0. The standard InChI is InChI=1S/C16H25NO2/c1-19-12-16(11-18)17-15-9-7-14(8-10-15)13-5-3-2-4-6-13/h2-6,14-18H,7-12H2,1H3. The van der Waals surface area contributed by atoms with E-state index in [1.807, 2.05) is 0 Å². The summed E-state index contributed by atoms with van der Waals surface area (Å²) in [6.45, 7) is 0.724. The van der Waals surface area contributed by atoms with Crippen molar-refractivity contribution in [2.75, 3.05) is 20.3 Å². The molecule has 0 spiro atoms. The Morgan fingerprint density at radius 2 is 1.89 bits per heavy atom. The Bertz CT molecular complexity index is 347. The lowest BCUT2D eigenvalue weighted by Gasteiger charge is -2.31. The van der Waals surface area contributed by atoms with Crippen LogP contribution >= 0.6 is 0 Å². The number of nitrogens with one attached hydrogen (secondary N) is 1. The molecule has 0 aromatic heterocycles. The summed E-state index contributed by atoms with van der Waals surface area (Å²) in [6.07, 6.45) is 4.82. The van der Waals surface area contributed by atoms with Gasteiger partial charge in [-0.15, -0.1) is 0 Å². The summed E-state index contributed by atoms with van der Waals surface area (Å²) in [5.74, 6) is 0.703. The zero-order valence-corrected chi connectivity index (χ0v) is 11.7. The van der Waals surface area contributed by atoms with Gasteiger partial charge in [0.05, 0.1) is 19.3 Å². The van der Waals surface area contributed by atoms with E-state index < -0.39 is 0 Å². The van der Waals surface area contributed by atoms with E-state index >= 15 is 0 Å². The highest BCUT2D eigenvalue weighted by Crippen LogP contribution is 2.32. The number of aliphatic hydroxyl groups excluding tert-OH is 1. The van der Waals surface area contributed by atoms with E-state index in [0.29, 0.717) is 18.6 Å². The van der Waals surface area contributed by atoms with Crippen molar-refractivity contribution in [3.05, 3.63) is 35.9 Å². The van der Waals surface area contributed by atoms with Crippen molar-refractivity contribution >= 4 is 0 Å². The van der Waals surface area contributed by atoms with Crippen LogP contribution in [0.25, 0.3) is 0 Å². The van der Waals surface area contributed by atoms with Crippen LogP contribution in [-0.4, -0.2) is 37.5 Å². The molecule has 3 nitrogen and oxygen atoms in total. The molecule has 1 aliphatic carbocycles. The molecular weight excluding hydrogens is 238 g/mol. The Hall–Kier alpha value is -0.900. The van der Waals surface area contributed by atoms with Crippen molar-refractivity contribution in [3.8, 4) is 0 Å². The lowest BCUT2D eigenvalue weighted by molar-refractivity contribution is 0.117. The SMILES string of the molecule is COCC(CO)NC1CCC(c2ccccc2)CC1. The van der Waals surface area contributed by atoms with Gasteiger partial charge >= 0.3 is 0 Å². The van der Waals surface area contributed by atoms with Crippen molar-refractivity contribution in [2.45, 2.75) is 43.7 Å². The molecule has 2 rings (SSSR count). The van der Waals surface area contributed by atoms with E-state index in [0.717, 1.165) is 0 Å². The highest BCUT2D eigenvalue weighted by atomic mass is 16.5. The van der Waals surface area contributed by atoms with Crippen LogP contribution in [0.15, 0.2) is 30.3 Å². The number of aliphatic hydroxyl groups is 1. The second-order valence-corrected chi connectivity index (χ2v) is 5.46. The van der Waals surface area contributed by atoms with Crippen LogP contribution in [0, 0.1) is 0 Å². The Kier molecular flexibility index (Phi) is 5.83. The molecule has 1 aliphatic rings. The van der Waals surface area contributed by atoms with Crippen molar-refractivity contribution < 1.29 is 9.84 Å². The lowest BCUT2D eigenvalue weighted by Crippen LogP contribution is -2.44. The van der Waals surface area contributed by atoms with Gasteiger partial charge in [-0.3, -0.25) is 0 Å². The van der Waals surface area contributed by atoms with Gasteiger partial charge in [-0.25, -0.2) is 0 Å². The number of hydrogen-bond acceptors (Lipinski definition) is 3. The molecule has 1 saturated carbocycles. The summed E-state index contributed by atoms with van der Waals surface area (Å²) in [5, 5.41) is 12.8. The quantitative estimate of drug-likeness (QED) is 0.827. The van der Waals surface area contributed by atoms with Crippen LogP contribution < -0.4 is 5.32 Å². The van der Waals surface area contributed by atoms with Crippen LogP contribution in [0.3, 0.4) is 0 Å². The van der Waals surface area contributed by atoms with Gasteiger partial charge in [-0.2, -0.15) is 0 Å². The van der Waals surface area contributed by atoms with Gasteiger partial charge in [0.15, 0.2) is 0 Å². The fraction of sp³-hybridized carbons (Fsp3) is 0.625. The van der Waals surface area contributed by atoms with Gasteiger partial charge in [0.25, 0.3) is 0 Å². The molecule has 19 heavy (non-hydrogen) atoms. The van der Waals surface area contributed by atoms with Gasteiger partial charge in [-0.05, 0) is 37.2 Å². The molecule has 2 N–H and O–H groups in total. The number of hydrogen-bond donors (Lipinski definition) is 2. The molecule has 1 atom stereocenters. The van der Waals surface area contributed by atoms with Gasteiger partial charge in [0.1, 0.15) is 0 Å². The minimum atomic E-state index is 0.0725. The van der Waals surface area contributed by atoms with E-state index in [9.17, 15) is 5.11 Å². The highest BCUT2D eigenvalue weighted by molar-refractivity contribution is 5.20. The molecule has 1 aromatic carbocycles. The Labute approximate surface area is 116 Å². The van der Waals surface area contributed by atoms with Crippen LogP contribution in [-0.2, 0) is 4.74 Å². The molecule has 1 unspecified atom stereocenters. The molecule has 106 valence electrons. The van der Waals surface area contributed by atoms with E-state index in [2.05, 4.69) is 35.6 Å². The second kappa shape index (κ2) is 7.63. The fourth-order valence-electron chi connectivity index (χ4n) is 3.01. The van der Waals surface area contributed by atoms with Crippen molar-refractivity contribution in [2.24, 2.45) is 0 Å². The molecule has 1 aromatic rings. The number of methoxy groups -OCH3 is 1. The minimum Gasteiger partial charge on any atom is -0.395 e. The maximum atomic E-state index is 9.28. The number of rotatable bonds is 6. The van der Waals surface area contributed by atoms with Gasteiger partial charge in [-0.1, -0.05) is 30.3 Å². The predicted octanol–water partition coefficient (Wildman–Crippen LogP) is 2.31. The first-order valence-electron chi connectivity index (χ1n) is 7.24. The highest BCUT2D eigenvalue weighted by Gasteiger charge is 2.23. The van der Waals surface area contributed by atoms with Crippen LogP contribution in [0.4, 0.5) is 0 Å². The third-order valence-corrected chi connectivity index (χ3v) is 4.06. The first-order valence-corrected chi connectivity index (χ1v) is 7.24. The van der Waals surface area contributed by atoms with Gasteiger partial charge in [0.2, 0.25) is 0 Å². The largest absolute Gasteiger partial charge is 0.395 e. The molecule has 3 heteroatoms. The predicted molar refractivity (Wildman–Crippen MR) is 77.3 cm³/mol. The summed E-state index contributed by atoms with van der Waals surface area (Å²) < 4.78 is 5.10. The third kappa shape index (κ3) is 4.30. The number of ether oxygens (including phenoxy) is 1. The molecular formula is C16H25NO2. The normalized spacial score (nSPS) is 25.2. The summed E-state index contributed by atoms with van der Waals surface area (Å²) >= 11 is 0. The molecule has 0 saturated heterocycles. The monoisotopic (exact) mass is 263 g/mol.